The highest BCUT2D eigenvalue weighted by molar-refractivity contribution is 5.79. The normalized spacial score (nSPS) is 17.8. The number of halogens is 1. The summed E-state index contributed by atoms with van der Waals surface area (Å²) in [7, 11) is 0. The van der Waals surface area contributed by atoms with E-state index in [1.807, 2.05) is 24.3 Å². The van der Waals surface area contributed by atoms with E-state index in [4.69, 9.17) is 5.73 Å². The number of carbonyl (C=O) groups is 1. The lowest BCUT2D eigenvalue weighted by Gasteiger charge is -2.10. The topological polar surface area (TPSA) is 55.1 Å². The van der Waals surface area contributed by atoms with Crippen LogP contribution in [0.25, 0.3) is 11.1 Å². The Balaban J connectivity index is 1.89. The first kappa shape index (κ1) is 13.8. The van der Waals surface area contributed by atoms with Crippen molar-refractivity contribution in [3.05, 3.63) is 59.4 Å². The summed E-state index contributed by atoms with van der Waals surface area (Å²) >= 11 is 0. The van der Waals surface area contributed by atoms with E-state index in [9.17, 15) is 9.18 Å². The van der Waals surface area contributed by atoms with Crippen molar-refractivity contribution in [1.29, 1.82) is 0 Å². The molecule has 0 spiro atoms. The number of benzene rings is 2. The minimum atomic E-state index is -0.252. The number of amides is 1. The van der Waals surface area contributed by atoms with Crippen molar-refractivity contribution in [3.63, 3.8) is 0 Å². The first-order valence-electron chi connectivity index (χ1n) is 7.03. The second kappa shape index (κ2) is 5.66. The second-order valence-corrected chi connectivity index (χ2v) is 5.35. The molecule has 2 aromatic carbocycles. The van der Waals surface area contributed by atoms with Crippen LogP contribution in [0.3, 0.4) is 0 Å². The molecule has 21 heavy (non-hydrogen) atoms. The van der Waals surface area contributed by atoms with Gasteiger partial charge < -0.3 is 11.1 Å². The van der Waals surface area contributed by atoms with Gasteiger partial charge in [0.15, 0.2) is 0 Å². The number of carbonyl (C=O) groups excluding carboxylic acids is 1. The van der Waals surface area contributed by atoms with Gasteiger partial charge in [0.25, 0.3) is 0 Å². The first-order valence-corrected chi connectivity index (χ1v) is 7.03. The van der Waals surface area contributed by atoms with E-state index in [1.54, 1.807) is 12.1 Å². The van der Waals surface area contributed by atoms with Gasteiger partial charge in [-0.3, -0.25) is 4.79 Å². The number of hydrogen-bond acceptors (Lipinski definition) is 2. The molecule has 0 bridgehead atoms. The second-order valence-electron chi connectivity index (χ2n) is 5.35. The average molecular weight is 284 g/mol. The highest BCUT2D eigenvalue weighted by atomic mass is 19.1. The van der Waals surface area contributed by atoms with E-state index >= 15 is 0 Å². The molecular weight excluding hydrogens is 267 g/mol. The molecule has 3 rings (SSSR count). The van der Waals surface area contributed by atoms with Gasteiger partial charge in [0.2, 0.25) is 5.91 Å². The molecule has 0 saturated carbocycles. The van der Waals surface area contributed by atoms with Crippen LogP contribution in [0.1, 0.15) is 23.5 Å². The van der Waals surface area contributed by atoms with Crippen molar-refractivity contribution in [1.82, 2.24) is 5.32 Å². The van der Waals surface area contributed by atoms with Gasteiger partial charge in [0.1, 0.15) is 5.82 Å². The van der Waals surface area contributed by atoms with Crippen LogP contribution in [-0.2, 0) is 11.3 Å². The maximum atomic E-state index is 13.9. The lowest BCUT2D eigenvalue weighted by atomic mass is 9.95. The van der Waals surface area contributed by atoms with E-state index < -0.39 is 0 Å². The molecule has 1 saturated heterocycles. The monoisotopic (exact) mass is 284 g/mol. The van der Waals surface area contributed by atoms with Gasteiger partial charge in [-0.2, -0.15) is 0 Å². The van der Waals surface area contributed by atoms with Crippen molar-refractivity contribution in [2.24, 2.45) is 5.73 Å². The molecule has 2 aromatic rings. The summed E-state index contributed by atoms with van der Waals surface area (Å²) in [6.07, 6.45) is 0.524. The molecule has 0 aromatic heterocycles. The van der Waals surface area contributed by atoms with E-state index in [2.05, 4.69) is 5.32 Å². The Morgan fingerprint density at radius 3 is 2.57 bits per heavy atom. The molecule has 1 heterocycles. The summed E-state index contributed by atoms with van der Waals surface area (Å²) < 4.78 is 13.9. The quantitative estimate of drug-likeness (QED) is 0.910. The molecule has 0 aliphatic carbocycles. The summed E-state index contributed by atoms with van der Waals surface area (Å²) in [6, 6.07) is 12.7. The summed E-state index contributed by atoms with van der Waals surface area (Å²) in [5.74, 6) is 0.0511. The van der Waals surface area contributed by atoms with Gasteiger partial charge in [0.05, 0.1) is 0 Å². The van der Waals surface area contributed by atoms with Crippen molar-refractivity contribution in [2.75, 3.05) is 6.54 Å². The zero-order valence-corrected chi connectivity index (χ0v) is 11.6. The Bertz CT molecular complexity index is 667. The molecule has 0 radical (unpaired) electrons. The van der Waals surface area contributed by atoms with Crippen LogP contribution in [0, 0.1) is 5.82 Å². The highest BCUT2D eigenvalue weighted by Crippen LogP contribution is 2.28. The van der Waals surface area contributed by atoms with E-state index in [0.717, 1.165) is 16.7 Å². The Labute approximate surface area is 123 Å². The third kappa shape index (κ3) is 2.81. The van der Waals surface area contributed by atoms with Crippen LogP contribution in [0.15, 0.2) is 42.5 Å². The summed E-state index contributed by atoms with van der Waals surface area (Å²) in [6.45, 7) is 1.07. The molecule has 1 aliphatic rings. The van der Waals surface area contributed by atoms with Gasteiger partial charge >= 0.3 is 0 Å². The summed E-state index contributed by atoms with van der Waals surface area (Å²) in [5.41, 5.74) is 9.00. The van der Waals surface area contributed by atoms with E-state index in [-0.39, 0.29) is 17.6 Å². The molecule has 3 N–H and O–H groups in total. The average Bonchev–Trinajstić information content (AvgIpc) is 2.95. The van der Waals surface area contributed by atoms with Crippen LogP contribution >= 0.6 is 0 Å². The zero-order valence-electron chi connectivity index (χ0n) is 11.6. The lowest BCUT2D eigenvalue weighted by molar-refractivity contribution is -0.119. The van der Waals surface area contributed by atoms with Crippen LogP contribution in [0.2, 0.25) is 0 Å². The van der Waals surface area contributed by atoms with Gasteiger partial charge in [-0.05, 0) is 28.8 Å². The number of nitrogens with two attached hydrogens (primary N) is 1. The van der Waals surface area contributed by atoms with Crippen LogP contribution < -0.4 is 11.1 Å². The fourth-order valence-electron chi connectivity index (χ4n) is 2.70. The first-order chi connectivity index (χ1) is 10.2. The molecule has 1 aliphatic heterocycles. The van der Waals surface area contributed by atoms with E-state index in [0.29, 0.717) is 25.1 Å². The third-order valence-corrected chi connectivity index (χ3v) is 3.94. The van der Waals surface area contributed by atoms with Gasteiger partial charge in [-0.25, -0.2) is 4.39 Å². The number of nitrogens with one attached hydrogen (secondary N) is 1. The Hall–Kier alpha value is -2.20. The van der Waals surface area contributed by atoms with Crippen molar-refractivity contribution in [3.8, 4) is 11.1 Å². The molecule has 1 unspecified atom stereocenters. The molecule has 1 fully saturated rings. The Morgan fingerprint density at radius 2 is 1.95 bits per heavy atom. The third-order valence-electron chi connectivity index (χ3n) is 3.94. The largest absolute Gasteiger partial charge is 0.355 e. The van der Waals surface area contributed by atoms with Crippen LogP contribution in [0.5, 0.6) is 0 Å². The standard InChI is InChI=1S/C17H17FN2O/c18-16-6-1-11(9-19)7-15(16)13-4-2-12(3-5-13)14-8-17(21)20-10-14/h1-7,14H,8-10,19H2,(H,20,21). The van der Waals surface area contributed by atoms with Gasteiger partial charge in [0, 0.05) is 31.0 Å². The van der Waals surface area contributed by atoms with Crippen molar-refractivity contribution >= 4 is 5.91 Å². The van der Waals surface area contributed by atoms with Crippen molar-refractivity contribution in [2.45, 2.75) is 18.9 Å². The minimum absolute atomic E-state index is 0.0887. The van der Waals surface area contributed by atoms with Gasteiger partial charge in [-0.1, -0.05) is 30.3 Å². The summed E-state index contributed by atoms with van der Waals surface area (Å²) in [4.78, 5) is 11.3. The SMILES string of the molecule is NCc1ccc(F)c(-c2ccc(C3CNC(=O)C3)cc2)c1. The molecule has 1 atom stereocenters. The van der Waals surface area contributed by atoms with Crippen LogP contribution in [-0.4, -0.2) is 12.5 Å². The molecule has 1 amide bonds. The highest BCUT2D eigenvalue weighted by Gasteiger charge is 2.22. The maximum absolute atomic E-state index is 13.9. The Kier molecular flexibility index (Phi) is 3.71. The smallest absolute Gasteiger partial charge is 0.220 e. The fraction of sp³-hybridized carbons (Fsp3) is 0.235. The maximum Gasteiger partial charge on any atom is 0.220 e. The molecular formula is C17H17FN2O. The fourth-order valence-corrected chi connectivity index (χ4v) is 2.70. The lowest BCUT2D eigenvalue weighted by Crippen LogP contribution is -2.13. The zero-order chi connectivity index (χ0) is 14.8. The molecule has 4 heteroatoms. The predicted octanol–water partition coefficient (Wildman–Crippen LogP) is 2.55. The minimum Gasteiger partial charge on any atom is -0.355 e. The number of rotatable bonds is 3. The molecule has 3 nitrogen and oxygen atoms in total. The van der Waals surface area contributed by atoms with E-state index in [1.165, 1.54) is 6.07 Å². The Morgan fingerprint density at radius 1 is 1.19 bits per heavy atom. The number of hydrogen-bond donors (Lipinski definition) is 2. The van der Waals surface area contributed by atoms with Crippen LogP contribution in [0.4, 0.5) is 4.39 Å². The van der Waals surface area contributed by atoms with Gasteiger partial charge in [-0.15, -0.1) is 0 Å². The molecule has 108 valence electrons. The predicted molar refractivity (Wildman–Crippen MR) is 80.1 cm³/mol. The summed E-state index contributed by atoms with van der Waals surface area (Å²) in [5, 5.41) is 2.83. The van der Waals surface area contributed by atoms with Crippen molar-refractivity contribution < 1.29 is 9.18 Å².